The number of aromatic nitrogens is 2. The van der Waals surface area contributed by atoms with Gasteiger partial charge in [-0.25, -0.2) is 18.1 Å². The van der Waals surface area contributed by atoms with E-state index in [1.807, 2.05) is 51.2 Å². The Bertz CT molecular complexity index is 990. The molecule has 8 heteroatoms. The molecular weight excluding hydrogens is 410 g/mol. The molecule has 0 aliphatic carbocycles. The highest BCUT2D eigenvalue weighted by molar-refractivity contribution is 9.10. The van der Waals surface area contributed by atoms with Gasteiger partial charge in [0.15, 0.2) is 9.99 Å². The van der Waals surface area contributed by atoms with Crippen molar-refractivity contribution >= 4 is 42.3 Å². The lowest BCUT2D eigenvalue weighted by Gasteiger charge is -2.10. The zero-order chi connectivity index (χ0) is 17.5. The fourth-order valence-corrected chi connectivity index (χ4v) is 5.27. The molecule has 3 aromatic rings. The molecule has 2 heterocycles. The van der Waals surface area contributed by atoms with Crippen molar-refractivity contribution in [3.63, 3.8) is 0 Å². The van der Waals surface area contributed by atoms with Crippen molar-refractivity contribution in [3.8, 4) is 0 Å². The van der Waals surface area contributed by atoms with Gasteiger partial charge in [0.05, 0.1) is 5.69 Å². The van der Waals surface area contributed by atoms with Gasteiger partial charge in [0.25, 0.3) is 10.0 Å². The molecule has 0 fully saturated rings. The number of hydrogen-bond acceptors (Lipinski definition) is 4. The standard InChI is InChI=1S/C16H18BrN3O2S2/c1-10(2)14-15(20-9-11(3)23-16(20)19-14)24(21,22)18-8-12-5-4-6-13(17)7-12/h4-7,9-10,18H,8H2,1-3H3. The van der Waals surface area contributed by atoms with Gasteiger partial charge in [-0.2, -0.15) is 0 Å². The first-order valence-corrected chi connectivity index (χ1v) is 10.6. The Morgan fingerprint density at radius 2 is 2.12 bits per heavy atom. The zero-order valence-electron chi connectivity index (χ0n) is 13.6. The quantitative estimate of drug-likeness (QED) is 0.667. The summed E-state index contributed by atoms with van der Waals surface area (Å²) in [6.07, 6.45) is 1.83. The molecule has 1 aromatic carbocycles. The molecule has 5 nitrogen and oxygen atoms in total. The van der Waals surface area contributed by atoms with Crippen LogP contribution in [-0.2, 0) is 16.6 Å². The highest BCUT2D eigenvalue weighted by atomic mass is 79.9. The molecule has 0 atom stereocenters. The number of benzene rings is 1. The highest BCUT2D eigenvalue weighted by Crippen LogP contribution is 2.28. The van der Waals surface area contributed by atoms with Gasteiger partial charge in [0.1, 0.15) is 0 Å². The maximum Gasteiger partial charge on any atom is 0.258 e. The number of rotatable bonds is 5. The summed E-state index contributed by atoms with van der Waals surface area (Å²) in [5, 5.41) is 0.242. The third kappa shape index (κ3) is 3.42. The van der Waals surface area contributed by atoms with Crippen LogP contribution in [0.25, 0.3) is 4.96 Å². The number of fused-ring (bicyclic) bond motifs is 1. The van der Waals surface area contributed by atoms with Gasteiger partial charge in [-0.3, -0.25) is 4.40 Å². The number of halogens is 1. The second-order valence-corrected chi connectivity index (χ2v) is 9.72. The molecule has 128 valence electrons. The second-order valence-electron chi connectivity index (χ2n) is 5.91. The second kappa shape index (κ2) is 6.59. The van der Waals surface area contributed by atoms with Gasteiger partial charge >= 0.3 is 0 Å². The minimum absolute atomic E-state index is 0.0230. The summed E-state index contributed by atoms with van der Waals surface area (Å²) in [6.45, 7) is 6.08. The molecule has 0 radical (unpaired) electrons. The molecule has 0 unspecified atom stereocenters. The van der Waals surface area contributed by atoms with E-state index in [0.29, 0.717) is 10.7 Å². The predicted molar refractivity (Wildman–Crippen MR) is 100 cm³/mol. The number of aryl methyl sites for hydroxylation is 1. The van der Waals surface area contributed by atoms with Crippen LogP contribution in [0.15, 0.2) is 40.0 Å². The largest absolute Gasteiger partial charge is 0.279 e. The van der Waals surface area contributed by atoms with Crippen LogP contribution in [0, 0.1) is 6.92 Å². The van der Waals surface area contributed by atoms with Crippen molar-refractivity contribution in [1.29, 1.82) is 0 Å². The molecule has 3 rings (SSSR count). The minimum atomic E-state index is -3.68. The van der Waals surface area contributed by atoms with E-state index in [9.17, 15) is 8.42 Å². The Kier molecular flexibility index (Phi) is 4.83. The Morgan fingerprint density at radius 3 is 2.79 bits per heavy atom. The number of nitrogens with zero attached hydrogens (tertiary/aromatic N) is 2. The summed E-state index contributed by atoms with van der Waals surface area (Å²) in [5.41, 5.74) is 1.49. The molecule has 24 heavy (non-hydrogen) atoms. The molecule has 0 spiro atoms. The fourth-order valence-electron chi connectivity index (χ4n) is 2.49. The number of hydrogen-bond donors (Lipinski definition) is 1. The molecule has 0 saturated heterocycles. The van der Waals surface area contributed by atoms with Crippen molar-refractivity contribution in [1.82, 2.24) is 14.1 Å². The third-order valence-corrected chi connectivity index (χ3v) is 6.41. The van der Waals surface area contributed by atoms with Gasteiger partial charge < -0.3 is 0 Å². The van der Waals surface area contributed by atoms with E-state index in [1.165, 1.54) is 11.3 Å². The zero-order valence-corrected chi connectivity index (χ0v) is 16.8. The van der Waals surface area contributed by atoms with Crippen molar-refractivity contribution in [3.05, 3.63) is 51.1 Å². The molecular formula is C16H18BrN3O2S2. The maximum atomic E-state index is 12.9. The Labute approximate surface area is 153 Å². The summed E-state index contributed by atoms with van der Waals surface area (Å²) in [5.74, 6) is 0.0230. The van der Waals surface area contributed by atoms with Crippen LogP contribution in [0.1, 0.15) is 35.9 Å². The van der Waals surface area contributed by atoms with Gasteiger partial charge in [-0.05, 0) is 30.5 Å². The molecule has 2 aromatic heterocycles. The van der Waals surface area contributed by atoms with Crippen LogP contribution in [0.5, 0.6) is 0 Å². The Balaban J connectivity index is 1.99. The normalized spacial score (nSPS) is 12.4. The number of thiazole rings is 1. The van der Waals surface area contributed by atoms with Crippen molar-refractivity contribution < 1.29 is 8.42 Å². The first-order chi connectivity index (χ1) is 11.3. The maximum absolute atomic E-state index is 12.9. The summed E-state index contributed by atoms with van der Waals surface area (Å²) in [7, 11) is -3.68. The average Bonchev–Trinajstić information content (AvgIpc) is 3.01. The average molecular weight is 428 g/mol. The van der Waals surface area contributed by atoms with E-state index in [-0.39, 0.29) is 17.5 Å². The van der Waals surface area contributed by atoms with E-state index in [0.717, 1.165) is 14.9 Å². The topological polar surface area (TPSA) is 63.5 Å². The van der Waals surface area contributed by atoms with E-state index in [4.69, 9.17) is 0 Å². The van der Waals surface area contributed by atoms with Gasteiger partial charge in [0, 0.05) is 22.1 Å². The van der Waals surface area contributed by atoms with Crippen LogP contribution < -0.4 is 4.72 Å². The van der Waals surface area contributed by atoms with Crippen LogP contribution in [0.3, 0.4) is 0 Å². The smallest absolute Gasteiger partial charge is 0.258 e. The van der Waals surface area contributed by atoms with Crippen LogP contribution in [-0.4, -0.2) is 17.8 Å². The molecule has 0 saturated carbocycles. The monoisotopic (exact) mass is 427 g/mol. The lowest BCUT2D eigenvalue weighted by atomic mass is 10.2. The molecule has 0 aliphatic rings. The van der Waals surface area contributed by atoms with Crippen molar-refractivity contribution in [2.24, 2.45) is 0 Å². The summed E-state index contributed by atoms with van der Waals surface area (Å²) in [6, 6.07) is 7.57. The lowest BCUT2D eigenvalue weighted by molar-refractivity contribution is 0.573. The molecule has 1 N–H and O–H groups in total. The third-order valence-electron chi connectivity index (χ3n) is 3.58. The fraction of sp³-hybridized carbons (Fsp3) is 0.312. The van der Waals surface area contributed by atoms with Gasteiger partial charge in [-0.1, -0.05) is 41.9 Å². The van der Waals surface area contributed by atoms with E-state index < -0.39 is 10.0 Å². The molecule has 0 amide bonds. The predicted octanol–water partition coefficient (Wildman–Crippen LogP) is 4.07. The first-order valence-electron chi connectivity index (χ1n) is 7.50. The van der Waals surface area contributed by atoms with Gasteiger partial charge in [0.2, 0.25) is 0 Å². The van der Waals surface area contributed by atoms with Crippen LogP contribution >= 0.6 is 27.3 Å². The summed E-state index contributed by atoms with van der Waals surface area (Å²) in [4.78, 5) is 6.25. The van der Waals surface area contributed by atoms with Crippen molar-refractivity contribution in [2.45, 2.75) is 38.3 Å². The highest BCUT2D eigenvalue weighted by Gasteiger charge is 2.27. The Morgan fingerprint density at radius 1 is 1.38 bits per heavy atom. The molecule has 0 aliphatic heterocycles. The minimum Gasteiger partial charge on any atom is -0.279 e. The number of imidazole rings is 1. The van der Waals surface area contributed by atoms with E-state index in [1.54, 1.807) is 4.40 Å². The summed E-state index contributed by atoms with van der Waals surface area (Å²) >= 11 is 4.89. The van der Waals surface area contributed by atoms with E-state index in [2.05, 4.69) is 25.6 Å². The number of nitrogens with one attached hydrogen (secondary N) is 1. The summed E-state index contributed by atoms with van der Waals surface area (Å²) < 4.78 is 31.1. The van der Waals surface area contributed by atoms with Crippen molar-refractivity contribution in [2.75, 3.05) is 0 Å². The number of sulfonamides is 1. The first kappa shape index (κ1) is 17.6. The van der Waals surface area contributed by atoms with E-state index >= 15 is 0 Å². The Hall–Kier alpha value is -1.22. The van der Waals surface area contributed by atoms with Crippen LogP contribution in [0.4, 0.5) is 0 Å². The van der Waals surface area contributed by atoms with Gasteiger partial charge in [-0.15, -0.1) is 11.3 Å². The SMILES string of the molecule is Cc1cn2c(S(=O)(=O)NCc3cccc(Br)c3)c(C(C)C)nc2s1. The molecule has 0 bridgehead atoms. The lowest BCUT2D eigenvalue weighted by Crippen LogP contribution is -2.25. The van der Waals surface area contributed by atoms with Crippen LogP contribution in [0.2, 0.25) is 0 Å².